The van der Waals surface area contributed by atoms with Crippen molar-refractivity contribution in [2.45, 2.75) is 43.8 Å². The molecule has 1 aromatic rings. The van der Waals surface area contributed by atoms with Crippen LogP contribution in [0.15, 0.2) is 24.3 Å². The lowest BCUT2D eigenvalue weighted by atomic mass is 9.99. The quantitative estimate of drug-likeness (QED) is 0.900. The van der Waals surface area contributed by atoms with Crippen LogP contribution in [0.2, 0.25) is 0 Å². The second kappa shape index (κ2) is 6.13. The smallest absolute Gasteiger partial charge is 0.251 e. The number of methoxy groups -OCH3 is 1. The summed E-state index contributed by atoms with van der Waals surface area (Å²) in [5.74, 6) is 0.505. The number of rotatable bonds is 4. The van der Waals surface area contributed by atoms with E-state index in [1.165, 1.54) is 6.26 Å². The minimum atomic E-state index is -3.17. The summed E-state index contributed by atoms with van der Waals surface area (Å²) in [7, 11) is -1.61. The van der Waals surface area contributed by atoms with E-state index in [4.69, 9.17) is 4.74 Å². The van der Waals surface area contributed by atoms with E-state index in [9.17, 15) is 13.2 Å². The zero-order valence-electron chi connectivity index (χ0n) is 13.4. The summed E-state index contributed by atoms with van der Waals surface area (Å²) in [6.45, 7) is 0. The molecule has 0 saturated carbocycles. The number of hydrogen-bond donors (Lipinski definition) is 1. The summed E-state index contributed by atoms with van der Waals surface area (Å²) in [5, 5.41) is 3.04. The van der Waals surface area contributed by atoms with Crippen LogP contribution in [0.1, 0.15) is 36.0 Å². The fourth-order valence-electron chi connectivity index (χ4n) is 3.83. The molecule has 0 radical (unpaired) electrons. The summed E-state index contributed by atoms with van der Waals surface area (Å²) in [6.07, 6.45) is 4.39. The van der Waals surface area contributed by atoms with Gasteiger partial charge in [0.05, 0.1) is 13.4 Å². The van der Waals surface area contributed by atoms with Gasteiger partial charge in [-0.1, -0.05) is 6.07 Å². The molecule has 1 aromatic carbocycles. The SMILES string of the molecule is COc1cccc(C(=O)NC2CC3CCC(C2)N3S(C)(=O)=O)c1. The highest BCUT2D eigenvalue weighted by atomic mass is 32.2. The van der Waals surface area contributed by atoms with Crippen molar-refractivity contribution < 1.29 is 17.9 Å². The average molecular weight is 338 g/mol. The molecule has 2 atom stereocenters. The molecule has 6 nitrogen and oxygen atoms in total. The van der Waals surface area contributed by atoms with Gasteiger partial charge in [0.25, 0.3) is 5.91 Å². The molecule has 0 aliphatic carbocycles. The third kappa shape index (κ3) is 3.35. The largest absolute Gasteiger partial charge is 0.497 e. The number of ether oxygens (including phenoxy) is 1. The molecular weight excluding hydrogens is 316 g/mol. The second-order valence-electron chi connectivity index (χ2n) is 6.35. The van der Waals surface area contributed by atoms with Gasteiger partial charge in [0.15, 0.2) is 0 Å². The maximum Gasteiger partial charge on any atom is 0.251 e. The predicted molar refractivity (Wildman–Crippen MR) is 87.0 cm³/mol. The van der Waals surface area contributed by atoms with Crippen LogP contribution in [-0.2, 0) is 10.0 Å². The number of carbonyl (C=O) groups excluding carboxylic acids is 1. The van der Waals surface area contributed by atoms with Crippen molar-refractivity contribution >= 4 is 15.9 Å². The average Bonchev–Trinajstić information content (AvgIpc) is 2.80. The number of fused-ring (bicyclic) bond motifs is 2. The van der Waals surface area contributed by atoms with E-state index in [0.717, 1.165) is 12.8 Å². The lowest BCUT2D eigenvalue weighted by Gasteiger charge is -2.37. The van der Waals surface area contributed by atoms with Gasteiger partial charge in [-0.15, -0.1) is 0 Å². The first-order chi connectivity index (χ1) is 10.9. The third-order valence-electron chi connectivity index (χ3n) is 4.72. The van der Waals surface area contributed by atoms with E-state index < -0.39 is 10.0 Å². The number of piperidine rings is 1. The highest BCUT2D eigenvalue weighted by Gasteiger charge is 2.45. The van der Waals surface area contributed by atoms with E-state index in [-0.39, 0.29) is 24.0 Å². The number of hydrogen-bond acceptors (Lipinski definition) is 4. The Morgan fingerprint density at radius 2 is 1.91 bits per heavy atom. The van der Waals surface area contributed by atoms with Crippen molar-refractivity contribution in [1.29, 1.82) is 0 Å². The molecule has 2 aliphatic rings. The Balaban J connectivity index is 1.67. The van der Waals surface area contributed by atoms with Gasteiger partial charge in [-0.25, -0.2) is 8.42 Å². The molecule has 126 valence electrons. The van der Waals surface area contributed by atoms with Crippen molar-refractivity contribution in [2.24, 2.45) is 0 Å². The fraction of sp³-hybridized carbons (Fsp3) is 0.562. The van der Waals surface area contributed by atoms with Crippen molar-refractivity contribution in [3.8, 4) is 5.75 Å². The minimum Gasteiger partial charge on any atom is -0.497 e. The highest BCUT2D eigenvalue weighted by molar-refractivity contribution is 7.88. The summed E-state index contributed by atoms with van der Waals surface area (Å²) in [5.41, 5.74) is 0.558. The number of sulfonamides is 1. The maximum absolute atomic E-state index is 12.4. The topological polar surface area (TPSA) is 75.7 Å². The lowest BCUT2D eigenvalue weighted by molar-refractivity contribution is 0.0909. The Hall–Kier alpha value is -1.60. The Morgan fingerprint density at radius 1 is 1.26 bits per heavy atom. The summed E-state index contributed by atoms with van der Waals surface area (Å²) >= 11 is 0. The number of nitrogens with zero attached hydrogens (tertiary/aromatic N) is 1. The van der Waals surface area contributed by atoms with E-state index in [2.05, 4.69) is 5.32 Å². The van der Waals surface area contributed by atoms with E-state index >= 15 is 0 Å². The molecule has 3 rings (SSSR count). The van der Waals surface area contributed by atoms with E-state index in [1.54, 1.807) is 35.7 Å². The third-order valence-corrected chi connectivity index (χ3v) is 6.08. The molecule has 1 amide bonds. The monoisotopic (exact) mass is 338 g/mol. The normalized spacial score (nSPS) is 27.7. The van der Waals surface area contributed by atoms with Gasteiger partial charge < -0.3 is 10.1 Å². The van der Waals surface area contributed by atoms with Crippen LogP contribution in [0.5, 0.6) is 5.75 Å². The zero-order chi connectivity index (χ0) is 16.6. The first-order valence-electron chi connectivity index (χ1n) is 7.82. The number of nitrogens with one attached hydrogen (secondary N) is 1. The number of benzene rings is 1. The van der Waals surface area contributed by atoms with Gasteiger partial charge in [0, 0.05) is 23.7 Å². The second-order valence-corrected chi connectivity index (χ2v) is 8.24. The molecule has 0 spiro atoms. The Bertz CT molecular complexity index is 690. The molecule has 2 aliphatic heterocycles. The van der Waals surface area contributed by atoms with Gasteiger partial charge in [0.2, 0.25) is 10.0 Å². The van der Waals surface area contributed by atoms with Crippen LogP contribution in [0, 0.1) is 0 Å². The molecule has 23 heavy (non-hydrogen) atoms. The van der Waals surface area contributed by atoms with Crippen molar-refractivity contribution in [3.05, 3.63) is 29.8 Å². The van der Waals surface area contributed by atoms with Crippen LogP contribution < -0.4 is 10.1 Å². The van der Waals surface area contributed by atoms with Crippen molar-refractivity contribution in [1.82, 2.24) is 9.62 Å². The van der Waals surface area contributed by atoms with Gasteiger partial charge in [0.1, 0.15) is 5.75 Å². The summed E-state index contributed by atoms with van der Waals surface area (Å²) in [6, 6.07) is 7.07. The fourth-order valence-corrected chi connectivity index (χ4v) is 5.29. The molecule has 2 heterocycles. The number of amides is 1. The number of carbonyl (C=O) groups is 1. The van der Waals surface area contributed by atoms with Crippen LogP contribution in [0.4, 0.5) is 0 Å². The van der Waals surface area contributed by atoms with Gasteiger partial charge in [-0.05, 0) is 43.9 Å². The molecule has 2 fully saturated rings. The van der Waals surface area contributed by atoms with Crippen LogP contribution in [-0.4, -0.2) is 50.1 Å². The van der Waals surface area contributed by atoms with Crippen molar-refractivity contribution in [2.75, 3.05) is 13.4 Å². The Labute approximate surface area is 136 Å². The summed E-state index contributed by atoms with van der Waals surface area (Å²) in [4.78, 5) is 12.4. The maximum atomic E-state index is 12.4. The van der Waals surface area contributed by atoms with Crippen molar-refractivity contribution in [3.63, 3.8) is 0 Å². The van der Waals surface area contributed by atoms with E-state index in [0.29, 0.717) is 24.2 Å². The molecule has 1 N–H and O–H groups in total. The Kier molecular flexibility index (Phi) is 4.33. The van der Waals surface area contributed by atoms with Gasteiger partial charge in [-0.3, -0.25) is 4.79 Å². The van der Waals surface area contributed by atoms with Crippen LogP contribution >= 0.6 is 0 Å². The lowest BCUT2D eigenvalue weighted by Crippen LogP contribution is -2.52. The van der Waals surface area contributed by atoms with Gasteiger partial charge >= 0.3 is 0 Å². The Morgan fingerprint density at radius 3 is 2.48 bits per heavy atom. The molecular formula is C16H22N2O4S. The molecule has 0 aromatic heterocycles. The van der Waals surface area contributed by atoms with Gasteiger partial charge in [-0.2, -0.15) is 4.31 Å². The molecule has 2 bridgehead atoms. The van der Waals surface area contributed by atoms with E-state index in [1.807, 2.05) is 0 Å². The molecule has 7 heteroatoms. The van der Waals surface area contributed by atoms with Crippen LogP contribution in [0.25, 0.3) is 0 Å². The standard InChI is InChI=1S/C16H22N2O4S/c1-22-15-5-3-4-11(8-15)16(19)17-12-9-13-6-7-14(10-12)18(13)23(2,20)21/h3-5,8,12-14H,6-7,9-10H2,1-2H3,(H,17,19). The first kappa shape index (κ1) is 16.3. The highest BCUT2D eigenvalue weighted by Crippen LogP contribution is 2.37. The molecule has 2 saturated heterocycles. The zero-order valence-corrected chi connectivity index (χ0v) is 14.2. The first-order valence-corrected chi connectivity index (χ1v) is 9.66. The predicted octanol–water partition coefficient (Wildman–Crippen LogP) is 1.38. The summed E-state index contributed by atoms with van der Waals surface area (Å²) < 4.78 is 30.6. The van der Waals surface area contributed by atoms with Crippen LogP contribution in [0.3, 0.4) is 0 Å². The minimum absolute atomic E-state index is 0.0133. The molecule has 2 unspecified atom stereocenters.